The van der Waals surface area contributed by atoms with Gasteiger partial charge in [0.15, 0.2) is 5.82 Å². The lowest BCUT2D eigenvalue weighted by atomic mass is 10.2. The van der Waals surface area contributed by atoms with Crippen molar-refractivity contribution in [2.45, 2.75) is 24.6 Å². The van der Waals surface area contributed by atoms with E-state index in [1.165, 1.54) is 11.9 Å². The van der Waals surface area contributed by atoms with Gasteiger partial charge < -0.3 is 14.5 Å². The molecule has 2 N–H and O–H groups in total. The normalized spacial score (nSPS) is 16.2. The molecule has 1 aliphatic rings. The summed E-state index contributed by atoms with van der Waals surface area (Å²) in [6.45, 7) is 2.08. The summed E-state index contributed by atoms with van der Waals surface area (Å²) in [5.41, 5.74) is 4.04. The van der Waals surface area contributed by atoms with Crippen molar-refractivity contribution in [2.75, 3.05) is 26.0 Å². The van der Waals surface area contributed by atoms with Crippen molar-refractivity contribution in [3.8, 4) is 17.2 Å². The third-order valence-electron chi connectivity index (χ3n) is 4.93. The molecule has 10 nitrogen and oxygen atoms in total. The lowest BCUT2D eigenvalue weighted by molar-refractivity contribution is 0.325. The number of nitrogens with one attached hydrogen (secondary N) is 2. The number of aromatic nitrogens is 5. The number of nitrogens with zero attached hydrogens (tertiary/aromatic N) is 6. The zero-order chi connectivity index (χ0) is 23.4. The number of benzene rings is 1. The van der Waals surface area contributed by atoms with Crippen molar-refractivity contribution in [3.05, 3.63) is 59.5 Å². The average molecular weight is 489 g/mol. The topological polar surface area (TPSA) is 102 Å². The number of rotatable bonds is 9. The molecule has 2 atom stereocenters. The first-order chi connectivity index (χ1) is 16.0. The summed E-state index contributed by atoms with van der Waals surface area (Å²) >= 11 is 7.39. The van der Waals surface area contributed by atoms with E-state index in [4.69, 9.17) is 21.1 Å². The molecule has 0 aliphatic carbocycles. The summed E-state index contributed by atoms with van der Waals surface area (Å²) in [6, 6.07) is 5.46. The van der Waals surface area contributed by atoms with Crippen LogP contribution in [0.4, 0.5) is 5.95 Å². The number of hydrazine groups is 1. The van der Waals surface area contributed by atoms with E-state index in [1.54, 1.807) is 26.6 Å². The zero-order valence-electron chi connectivity index (χ0n) is 18.7. The quantitative estimate of drug-likeness (QED) is 0.435. The highest BCUT2D eigenvalue weighted by molar-refractivity contribution is 8.01. The van der Waals surface area contributed by atoms with Gasteiger partial charge in [0, 0.05) is 37.3 Å². The molecule has 1 aromatic carbocycles. The maximum absolute atomic E-state index is 5.89. The van der Waals surface area contributed by atoms with Crippen LogP contribution in [-0.4, -0.2) is 56.3 Å². The van der Waals surface area contributed by atoms with Crippen molar-refractivity contribution >= 4 is 29.5 Å². The van der Waals surface area contributed by atoms with Crippen LogP contribution in [0, 0.1) is 0 Å². The maximum Gasteiger partial charge on any atom is 0.239 e. The van der Waals surface area contributed by atoms with E-state index in [0.29, 0.717) is 40.4 Å². The number of hydrogen-bond acceptors (Lipinski definition) is 10. The molecule has 2 aromatic heterocycles. The first-order valence-electron chi connectivity index (χ1n) is 10.2. The van der Waals surface area contributed by atoms with Crippen LogP contribution in [0.3, 0.4) is 0 Å². The van der Waals surface area contributed by atoms with Gasteiger partial charge in [-0.25, -0.2) is 15.4 Å². The minimum absolute atomic E-state index is 0.148. The predicted octanol–water partition coefficient (Wildman–Crippen LogP) is 3.42. The molecular weight excluding hydrogens is 464 g/mol. The fraction of sp³-hybridized carbons (Fsp3) is 0.333. The summed E-state index contributed by atoms with van der Waals surface area (Å²) < 4.78 is 16.6. The Morgan fingerprint density at radius 3 is 2.48 bits per heavy atom. The van der Waals surface area contributed by atoms with Gasteiger partial charge in [0.05, 0.1) is 19.2 Å². The third kappa shape index (κ3) is 5.15. The molecule has 174 valence electrons. The molecule has 0 spiro atoms. The van der Waals surface area contributed by atoms with E-state index in [-0.39, 0.29) is 11.3 Å². The molecule has 0 saturated heterocycles. The van der Waals surface area contributed by atoms with Gasteiger partial charge >= 0.3 is 0 Å². The second kappa shape index (κ2) is 10.3. The summed E-state index contributed by atoms with van der Waals surface area (Å²) in [5.74, 6) is 3.24. The summed E-state index contributed by atoms with van der Waals surface area (Å²) in [5, 5.41) is 11.4. The van der Waals surface area contributed by atoms with Gasteiger partial charge in [-0.3, -0.25) is 9.29 Å². The lowest BCUT2D eigenvalue weighted by Crippen LogP contribution is -2.28. The summed E-state index contributed by atoms with van der Waals surface area (Å²) in [4.78, 5) is 8.55. The Bertz CT molecular complexity index is 1100. The number of methoxy groups -OCH3 is 2. The number of anilines is 1. The van der Waals surface area contributed by atoms with Crippen molar-refractivity contribution in [2.24, 2.45) is 0 Å². The Hall–Kier alpha value is -3.02. The van der Waals surface area contributed by atoms with Gasteiger partial charge in [0.25, 0.3) is 0 Å². The van der Waals surface area contributed by atoms with Crippen molar-refractivity contribution in [1.82, 2.24) is 35.2 Å². The molecule has 0 radical (unpaired) electrons. The van der Waals surface area contributed by atoms with E-state index in [2.05, 4.69) is 37.2 Å². The van der Waals surface area contributed by atoms with Gasteiger partial charge in [0.2, 0.25) is 5.95 Å². The molecule has 3 heterocycles. The molecule has 3 aromatic rings. The van der Waals surface area contributed by atoms with E-state index in [1.807, 2.05) is 47.1 Å². The van der Waals surface area contributed by atoms with E-state index in [0.717, 1.165) is 5.82 Å². The third-order valence-corrected chi connectivity index (χ3v) is 6.00. The van der Waals surface area contributed by atoms with Gasteiger partial charge in [-0.1, -0.05) is 24.6 Å². The minimum atomic E-state index is -0.169. The van der Waals surface area contributed by atoms with Gasteiger partial charge in [-0.15, -0.1) is 10.2 Å². The minimum Gasteiger partial charge on any atom is -0.494 e. The molecule has 4 rings (SSSR count). The van der Waals surface area contributed by atoms with Crippen LogP contribution >= 0.6 is 23.5 Å². The fourth-order valence-corrected chi connectivity index (χ4v) is 4.17. The molecule has 12 heteroatoms. The Morgan fingerprint density at radius 2 is 1.88 bits per heavy atom. The molecular formula is C21H25ClN8O2S. The van der Waals surface area contributed by atoms with Crippen LogP contribution in [0.15, 0.2) is 42.9 Å². The predicted molar refractivity (Wildman–Crippen MR) is 129 cm³/mol. The molecule has 0 saturated carbocycles. The van der Waals surface area contributed by atoms with Crippen LogP contribution in [0.1, 0.15) is 24.6 Å². The first kappa shape index (κ1) is 23.1. The highest BCUT2D eigenvalue weighted by atomic mass is 35.5. The van der Waals surface area contributed by atoms with Crippen molar-refractivity contribution in [1.29, 1.82) is 0 Å². The second-order valence-electron chi connectivity index (χ2n) is 7.34. The smallest absolute Gasteiger partial charge is 0.239 e. The van der Waals surface area contributed by atoms with Crippen LogP contribution in [0.2, 0.25) is 5.02 Å². The Balaban J connectivity index is 1.64. The fourth-order valence-electron chi connectivity index (χ4n) is 3.40. The molecule has 0 bridgehead atoms. The number of hydrogen-bond donors (Lipinski definition) is 2. The number of halogens is 1. The Labute approximate surface area is 201 Å². The largest absolute Gasteiger partial charge is 0.494 e. The van der Waals surface area contributed by atoms with Gasteiger partial charge in [0.1, 0.15) is 29.1 Å². The second-order valence-corrected chi connectivity index (χ2v) is 9.02. The highest BCUT2D eigenvalue weighted by Gasteiger charge is 2.27. The van der Waals surface area contributed by atoms with Gasteiger partial charge in [-0.05, 0) is 30.2 Å². The Kier molecular flexibility index (Phi) is 7.21. The SMILES string of the molecule is COc1cccc(OC)c1-n1c(NS[C@H](C)Cc2ncc(Cl)cn2)nnc1C1C=CN(C)N1. The molecule has 1 aliphatic heterocycles. The number of para-hydroxylation sites is 1. The maximum atomic E-state index is 5.89. The van der Waals surface area contributed by atoms with Crippen LogP contribution < -0.4 is 19.6 Å². The molecule has 0 amide bonds. The standard InChI is InChI=1S/C21H25ClN8O2S/c1-13(10-18-23-11-14(22)12-24-18)33-28-21-26-25-20(15-8-9-29(2)27-15)30(21)19-16(31-3)6-5-7-17(19)32-4/h5-9,11-13,15,27H,10H2,1-4H3,(H,26,28)/t13-,15?/m1/s1. The Morgan fingerprint density at radius 1 is 1.18 bits per heavy atom. The van der Waals surface area contributed by atoms with Crippen molar-refractivity contribution in [3.63, 3.8) is 0 Å². The van der Waals surface area contributed by atoms with E-state index in [9.17, 15) is 0 Å². The monoisotopic (exact) mass is 488 g/mol. The van der Waals surface area contributed by atoms with Crippen molar-refractivity contribution < 1.29 is 9.47 Å². The average Bonchev–Trinajstić information content (AvgIpc) is 3.44. The van der Waals surface area contributed by atoms with Crippen LogP contribution in [0.5, 0.6) is 11.5 Å². The van der Waals surface area contributed by atoms with E-state index < -0.39 is 0 Å². The summed E-state index contributed by atoms with van der Waals surface area (Å²) in [7, 11) is 5.18. The highest BCUT2D eigenvalue weighted by Crippen LogP contribution is 2.37. The first-order valence-corrected chi connectivity index (χ1v) is 11.5. The molecule has 0 fully saturated rings. The number of ether oxygens (including phenoxy) is 2. The lowest BCUT2D eigenvalue weighted by Gasteiger charge is -2.20. The van der Waals surface area contributed by atoms with Gasteiger partial charge in [-0.2, -0.15) is 0 Å². The van der Waals surface area contributed by atoms with Crippen LogP contribution in [0.25, 0.3) is 5.69 Å². The van der Waals surface area contributed by atoms with Crippen LogP contribution in [-0.2, 0) is 6.42 Å². The molecule has 33 heavy (non-hydrogen) atoms. The summed E-state index contributed by atoms with van der Waals surface area (Å²) in [6.07, 6.45) is 7.82. The zero-order valence-corrected chi connectivity index (χ0v) is 20.3. The molecule has 1 unspecified atom stereocenters. The van der Waals surface area contributed by atoms with E-state index >= 15 is 0 Å².